The largest absolute Gasteiger partial charge is 0.389 e. The SMILES string of the molecule is Cc1nn2c(ncc3cc(C4C=CC=CC4)c(-c4ccc(C5(N)CC(O)(C6CC6)C5)cc4)nc32)c1C. The number of aryl methyl sites for hydroxylation is 2. The van der Waals surface area contributed by atoms with Crippen molar-refractivity contribution in [1.29, 1.82) is 0 Å². The van der Waals surface area contributed by atoms with E-state index in [9.17, 15) is 5.11 Å². The number of fused-ring (bicyclic) bond motifs is 3. The van der Waals surface area contributed by atoms with Crippen molar-refractivity contribution in [2.45, 2.75) is 63.0 Å². The minimum absolute atomic E-state index is 0.249. The van der Waals surface area contributed by atoms with Crippen molar-refractivity contribution in [3.05, 3.63) is 83.2 Å². The molecule has 0 bridgehead atoms. The van der Waals surface area contributed by atoms with E-state index in [0.29, 0.717) is 18.8 Å². The average molecular weight is 478 g/mol. The number of aliphatic hydroxyl groups is 1. The summed E-state index contributed by atoms with van der Waals surface area (Å²) in [5, 5.41) is 16.6. The molecule has 4 aromatic rings. The highest BCUT2D eigenvalue weighted by atomic mass is 16.3. The molecule has 182 valence electrons. The van der Waals surface area contributed by atoms with Gasteiger partial charge in [-0.2, -0.15) is 9.61 Å². The van der Waals surface area contributed by atoms with Crippen LogP contribution in [0.3, 0.4) is 0 Å². The Labute approximate surface area is 210 Å². The van der Waals surface area contributed by atoms with E-state index < -0.39 is 11.1 Å². The van der Waals surface area contributed by atoms with Gasteiger partial charge in [-0.1, -0.05) is 48.6 Å². The second-order valence-corrected chi connectivity index (χ2v) is 11.2. The van der Waals surface area contributed by atoms with Crippen molar-refractivity contribution in [3.63, 3.8) is 0 Å². The maximum absolute atomic E-state index is 10.9. The third kappa shape index (κ3) is 3.28. The molecule has 6 heteroatoms. The molecular formula is C30H31N5O. The number of nitrogens with zero attached hydrogens (tertiary/aromatic N) is 4. The maximum Gasteiger partial charge on any atom is 0.165 e. The molecule has 3 aliphatic rings. The van der Waals surface area contributed by atoms with Crippen LogP contribution in [0, 0.1) is 19.8 Å². The van der Waals surface area contributed by atoms with Gasteiger partial charge >= 0.3 is 0 Å². The van der Waals surface area contributed by atoms with Crippen LogP contribution in [0.4, 0.5) is 0 Å². The van der Waals surface area contributed by atoms with Crippen LogP contribution in [0.5, 0.6) is 0 Å². The highest BCUT2D eigenvalue weighted by Gasteiger charge is 2.58. The zero-order valence-electron chi connectivity index (χ0n) is 20.8. The molecule has 0 radical (unpaired) electrons. The number of nitrogens with two attached hydrogens (primary N) is 1. The maximum atomic E-state index is 10.9. The molecule has 0 saturated heterocycles. The first-order chi connectivity index (χ1) is 17.3. The Morgan fingerprint density at radius 3 is 2.53 bits per heavy atom. The summed E-state index contributed by atoms with van der Waals surface area (Å²) in [4.78, 5) is 9.91. The van der Waals surface area contributed by atoms with Gasteiger partial charge in [0.1, 0.15) is 0 Å². The predicted molar refractivity (Wildman–Crippen MR) is 142 cm³/mol. The van der Waals surface area contributed by atoms with Gasteiger partial charge in [0, 0.05) is 34.2 Å². The van der Waals surface area contributed by atoms with E-state index >= 15 is 0 Å². The second-order valence-electron chi connectivity index (χ2n) is 11.2. The van der Waals surface area contributed by atoms with Gasteiger partial charge in [-0.05, 0) is 69.1 Å². The molecule has 3 heterocycles. The third-order valence-corrected chi connectivity index (χ3v) is 8.61. The molecule has 7 rings (SSSR count). The smallest absolute Gasteiger partial charge is 0.165 e. The lowest BCUT2D eigenvalue weighted by Crippen LogP contribution is -2.60. The summed E-state index contributed by atoms with van der Waals surface area (Å²) in [5.41, 5.74) is 13.7. The molecule has 3 aromatic heterocycles. The molecule has 6 nitrogen and oxygen atoms in total. The summed E-state index contributed by atoms with van der Waals surface area (Å²) in [5.74, 6) is 0.690. The molecule has 1 aromatic carbocycles. The van der Waals surface area contributed by atoms with Crippen LogP contribution >= 0.6 is 0 Å². The monoisotopic (exact) mass is 477 g/mol. The second kappa shape index (κ2) is 7.58. The number of hydrogen-bond donors (Lipinski definition) is 2. The van der Waals surface area contributed by atoms with Crippen LogP contribution < -0.4 is 5.73 Å². The van der Waals surface area contributed by atoms with Gasteiger partial charge in [-0.15, -0.1) is 0 Å². The van der Waals surface area contributed by atoms with E-state index in [0.717, 1.165) is 64.0 Å². The highest BCUT2D eigenvalue weighted by Crippen LogP contribution is 2.57. The number of hydrogen-bond acceptors (Lipinski definition) is 5. The van der Waals surface area contributed by atoms with Crippen molar-refractivity contribution in [2.75, 3.05) is 0 Å². The standard InChI is InChI=1S/C30H31N5O/c1-18-19(2)34-35-27(18)32-15-22-14-25(20-6-4-3-5-7-20)26(33-28(22)35)21-8-10-23(11-9-21)29(31)16-30(36,17-29)24-12-13-24/h3-6,8-11,14-15,20,24,36H,7,12-13,16-17,31H2,1-2H3. The molecule has 0 amide bonds. The summed E-state index contributed by atoms with van der Waals surface area (Å²) in [7, 11) is 0. The summed E-state index contributed by atoms with van der Waals surface area (Å²) in [6, 6.07) is 10.7. The first-order valence-electron chi connectivity index (χ1n) is 13.0. The fraction of sp³-hybridized carbons (Fsp3) is 0.367. The molecule has 0 spiro atoms. The number of rotatable bonds is 4. The van der Waals surface area contributed by atoms with E-state index in [2.05, 4.69) is 61.6 Å². The summed E-state index contributed by atoms with van der Waals surface area (Å²) >= 11 is 0. The fourth-order valence-electron chi connectivity index (χ4n) is 6.26. The van der Waals surface area contributed by atoms with Crippen molar-refractivity contribution in [2.24, 2.45) is 11.7 Å². The minimum atomic E-state index is -0.569. The Hall–Kier alpha value is -3.35. The Morgan fingerprint density at radius 2 is 1.83 bits per heavy atom. The number of benzene rings is 1. The van der Waals surface area contributed by atoms with Gasteiger partial charge in [0.15, 0.2) is 11.3 Å². The first kappa shape index (κ1) is 21.9. The van der Waals surface area contributed by atoms with E-state index in [1.165, 1.54) is 5.56 Å². The summed E-state index contributed by atoms with van der Waals surface area (Å²) < 4.78 is 1.88. The number of allylic oxidation sites excluding steroid dienone is 4. The molecular weight excluding hydrogens is 446 g/mol. The third-order valence-electron chi connectivity index (χ3n) is 8.61. The van der Waals surface area contributed by atoms with Crippen molar-refractivity contribution >= 4 is 16.7 Å². The van der Waals surface area contributed by atoms with E-state index in [1.807, 2.05) is 17.6 Å². The van der Waals surface area contributed by atoms with Gasteiger partial charge in [-0.3, -0.25) is 0 Å². The molecule has 2 saturated carbocycles. The summed E-state index contributed by atoms with van der Waals surface area (Å²) in [6.45, 7) is 4.06. The lowest BCUT2D eigenvalue weighted by molar-refractivity contribution is -0.106. The van der Waals surface area contributed by atoms with Crippen molar-refractivity contribution in [3.8, 4) is 11.3 Å². The first-order valence-corrected chi connectivity index (χ1v) is 13.0. The van der Waals surface area contributed by atoms with E-state index in [-0.39, 0.29) is 5.92 Å². The van der Waals surface area contributed by atoms with Crippen LogP contribution in [0.1, 0.15) is 60.4 Å². The van der Waals surface area contributed by atoms with Crippen LogP contribution in [0.25, 0.3) is 27.9 Å². The topological polar surface area (TPSA) is 89.3 Å². The lowest BCUT2D eigenvalue weighted by atomic mass is 9.60. The van der Waals surface area contributed by atoms with Crippen LogP contribution in [-0.2, 0) is 5.54 Å². The quantitative estimate of drug-likeness (QED) is 0.419. The highest BCUT2D eigenvalue weighted by molar-refractivity contribution is 5.83. The molecule has 36 heavy (non-hydrogen) atoms. The van der Waals surface area contributed by atoms with Crippen molar-refractivity contribution in [1.82, 2.24) is 19.6 Å². The zero-order chi connectivity index (χ0) is 24.7. The van der Waals surface area contributed by atoms with Gasteiger partial charge in [-0.25, -0.2) is 9.97 Å². The Balaban J connectivity index is 1.33. The molecule has 2 fully saturated rings. The molecule has 3 N–H and O–H groups in total. The Bertz CT molecular complexity index is 1570. The Morgan fingerprint density at radius 1 is 1.06 bits per heavy atom. The number of pyridine rings is 1. The van der Waals surface area contributed by atoms with Gasteiger partial charge < -0.3 is 10.8 Å². The number of aromatic nitrogens is 4. The van der Waals surface area contributed by atoms with E-state index in [4.69, 9.17) is 20.8 Å². The molecule has 3 aliphatic carbocycles. The Kier molecular flexibility index (Phi) is 4.61. The average Bonchev–Trinajstić information content (AvgIpc) is 3.70. The van der Waals surface area contributed by atoms with Crippen molar-refractivity contribution < 1.29 is 5.11 Å². The van der Waals surface area contributed by atoms with Gasteiger partial charge in [0.05, 0.1) is 17.0 Å². The van der Waals surface area contributed by atoms with Gasteiger partial charge in [0.2, 0.25) is 0 Å². The zero-order valence-corrected chi connectivity index (χ0v) is 20.8. The van der Waals surface area contributed by atoms with Gasteiger partial charge in [0.25, 0.3) is 0 Å². The normalized spacial score (nSPS) is 27.6. The molecule has 0 aliphatic heterocycles. The van der Waals surface area contributed by atoms with Crippen LogP contribution in [-0.4, -0.2) is 30.3 Å². The minimum Gasteiger partial charge on any atom is -0.389 e. The van der Waals surface area contributed by atoms with Crippen LogP contribution in [0.2, 0.25) is 0 Å². The van der Waals surface area contributed by atoms with Crippen LogP contribution in [0.15, 0.2) is 60.8 Å². The predicted octanol–water partition coefficient (Wildman–Crippen LogP) is 5.25. The van der Waals surface area contributed by atoms with E-state index in [1.54, 1.807) is 0 Å². The lowest BCUT2D eigenvalue weighted by Gasteiger charge is -2.52. The molecule has 1 atom stereocenters. The molecule has 1 unspecified atom stereocenters. The fourth-order valence-corrected chi connectivity index (χ4v) is 6.26. The summed E-state index contributed by atoms with van der Waals surface area (Å²) in [6.07, 6.45) is 15.1.